The van der Waals surface area contributed by atoms with Crippen molar-refractivity contribution < 1.29 is 29.0 Å². The number of ketones is 3. The van der Waals surface area contributed by atoms with Crippen LogP contribution in [0.25, 0.3) is 0 Å². The molecule has 6 nitrogen and oxygen atoms in total. The van der Waals surface area contributed by atoms with Gasteiger partial charge in [-0.15, -0.1) is 0 Å². The summed E-state index contributed by atoms with van der Waals surface area (Å²) in [5.41, 5.74) is -1.80. The number of hydrogen-bond donors (Lipinski definition) is 1. The second-order valence-corrected chi connectivity index (χ2v) is 8.15. The number of Topliss-reactive ketones (excluding diaryl/α,β-unsaturated/α-hetero) is 2. The average molecular weight is 414 g/mol. The molecule has 0 unspecified atom stereocenters. The van der Waals surface area contributed by atoms with Gasteiger partial charge in [0.1, 0.15) is 5.78 Å². The Morgan fingerprint density at radius 1 is 1.17 bits per heavy atom. The first-order valence-corrected chi connectivity index (χ1v) is 10.2. The monoisotopic (exact) mass is 414 g/mol. The fourth-order valence-corrected chi connectivity index (χ4v) is 4.49. The molecule has 1 saturated heterocycles. The van der Waals surface area contributed by atoms with Crippen LogP contribution >= 0.6 is 0 Å². The maximum absolute atomic E-state index is 13.1. The Hall–Kier alpha value is -2.60. The van der Waals surface area contributed by atoms with Crippen LogP contribution in [0.4, 0.5) is 0 Å². The molecule has 6 heteroatoms. The molecule has 0 aromatic heterocycles. The number of allylic oxidation sites excluding steroid dienone is 5. The summed E-state index contributed by atoms with van der Waals surface area (Å²) in [5.74, 6) is -1.87. The van der Waals surface area contributed by atoms with E-state index in [1.54, 1.807) is 26.8 Å². The van der Waals surface area contributed by atoms with Crippen molar-refractivity contribution in [1.82, 2.24) is 0 Å². The number of esters is 1. The highest BCUT2D eigenvalue weighted by Gasteiger charge is 2.68. The zero-order chi connectivity index (χ0) is 22.5. The van der Waals surface area contributed by atoms with Crippen LogP contribution in [0.15, 0.2) is 47.6 Å². The fourth-order valence-electron chi connectivity index (χ4n) is 4.49. The summed E-state index contributed by atoms with van der Waals surface area (Å²) in [6, 6.07) is 0. The molecule has 0 radical (unpaired) electrons. The molecule has 2 bridgehead atoms. The van der Waals surface area contributed by atoms with Gasteiger partial charge in [-0.25, -0.2) is 0 Å². The molecule has 0 saturated carbocycles. The summed E-state index contributed by atoms with van der Waals surface area (Å²) in [6.45, 7) is 6.61. The van der Waals surface area contributed by atoms with Crippen LogP contribution in [0, 0.1) is 11.3 Å². The van der Waals surface area contributed by atoms with Crippen molar-refractivity contribution in [2.24, 2.45) is 11.3 Å². The number of fused-ring (bicyclic) bond motifs is 2. The smallest absolute Gasteiger partial charge is 0.317 e. The molecular weight excluding hydrogens is 384 g/mol. The first-order valence-electron chi connectivity index (χ1n) is 10.2. The van der Waals surface area contributed by atoms with Gasteiger partial charge in [-0.1, -0.05) is 30.4 Å². The molecule has 2 rings (SSSR count). The molecule has 1 heterocycles. The highest BCUT2D eigenvalue weighted by atomic mass is 16.6. The van der Waals surface area contributed by atoms with E-state index >= 15 is 0 Å². The Morgan fingerprint density at radius 2 is 1.87 bits per heavy atom. The van der Waals surface area contributed by atoms with Crippen molar-refractivity contribution in [2.75, 3.05) is 6.61 Å². The standard InChI is InChI=1S/C24H30O6/c1-5-6-8-11-18(27)15-20-23(3)19(14-17(26)12-9-7-10-13-25)16(2)21(28)24(20,4)30-22(23)29/h5-7,9-10,12,20,25H,8,11,13-15H2,1-4H3/b6-5+,10-7+,12-9+/t20-,23+,24+/m1/s1. The number of carbonyl (C=O) groups excluding carboxylic acids is 4. The Balaban J connectivity index is 2.36. The van der Waals surface area contributed by atoms with Crippen LogP contribution in [0.1, 0.15) is 53.4 Å². The van der Waals surface area contributed by atoms with Gasteiger partial charge in [0.25, 0.3) is 0 Å². The lowest BCUT2D eigenvalue weighted by Gasteiger charge is -2.40. The van der Waals surface area contributed by atoms with Crippen LogP contribution in [-0.2, 0) is 23.9 Å². The summed E-state index contributed by atoms with van der Waals surface area (Å²) in [7, 11) is 0. The van der Waals surface area contributed by atoms with E-state index in [1.165, 1.54) is 18.2 Å². The zero-order valence-corrected chi connectivity index (χ0v) is 18.1. The Kier molecular flexibility index (Phi) is 7.48. The summed E-state index contributed by atoms with van der Waals surface area (Å²) >= 11 is 0. The summed E-state index contributed by atoms with van der Waals surface area (Å²) in [5, 5.41) is 8.75. The molecule has 1 fully saturated rings. The topological polar surface area (TPSA) is 97.7 Å². The van der Waals surface area contributed by atoms with Gasteiger partial charge in [0.05, 0.1) is 12.0 Å². The first kappa shape index (κ1) is 23.7. The highest BCUT2D eigenvalue weighted by Crippen LogP contribution is 2.58. The third-order valence-electron chi connectivity index (χ3n) is 6.20. The summed E-state index contributed by atoms with van der Waals surface area (Å²) in [4.78, 5) is 51.1. The van der Waals surface area contributed by atoms with Gasteiger partial charge in [0.15, 0.2) is 11.4 Å². The number of carbonyl (C=O) groups is 4. The Bertz CT molecular complexity index is 859. The zero-order valence-electron chi connectivity index (χ0n) is 18.1. The molecular formula is C24H30O6. The predicted molar refractivity (Wildman–Crippen MR) is 112 cm³/mol. The third-order valence-corrected chi connectivity index (χ3v) is 6.20. The Labute approximate surface area is 177 Å². The first-order chi connectivity index (χ1) is 14.1. The molecule has 0 aromatic carbocycles. The van der Waals surface area contributed by atoms with Crippen LogP contribution in [-0.4, -0.2) is 40.6 Å². The molecule has 162 valence electrons. The molecule has 1 N–H and O–H groups in total. The van der Waals surface area contributed by atoms with E-state index in [0.29, 0.717) is 24.0 Å². The lowest BCUT2D eigenvalue weighted by molar-refractivity contribution is -0.156. The summed E-state index contributed by atoms with van der Waals surface area (Å²) in [6.07, 6.45) is 10.5. The van der Waals surface area contributed by atoms with E-state index < -0.39 is 22.9 Å². The quantitative estimate of drug-likeness (QED) is 0.255. The predicted octanol–water partition coefficient (Wildman–Crippen LogP) is 3.20. The van der Waals surface area contributed by atoms with Gasteiger partial charge in [-0.3, -0.25) is 19.2 Å². The van der Waals surface area contributed by atoms with E-state index in [-0.39, 0.29) is 36.8 Å². The second-order valence-electron chi connectivity index (χ2n) is 8.15. The van der Waals surface area contributed by atoms with Crippen LogP contribution in [0.2, 0.25) is 0 Å². The van der Waals surface area contributed by atoms with Gasteiger partial charge in [-0.05, 0) is 51.3 Å². The van der Waals surface area contributed by atoms with Gasteiger partial charge in [0, 0.05) is 25.2 Å². The number of aliphatic hydroxyl groups is 1. The average Bonchev–Trinajstić information content (AvgIpc) is 2.87. The van der Waals surface area contributed by atoms with E-state index in [2.05, 4.69) is 0 Å². The van der Waals surface area contributed by atoms with Gasteiger partial charge in [-0.2, -0.15) is 0 Å². The summed E-state index contributed by atoms with van der Waals surface area (Å²) < 4.78 is 5.56. The number of aliphatic hydroxyl groups excluding tert-OH is 1. The van der Waals surface area contributed by atoms with E-state index in [0.717, 1.165) is 0 Å². The van der Waals surface area contributed by atoms with Crippen LogP contribution < -0.4 is 0 Å². The molecule has 1 aliphatic carbocycles. The molecule has 30 heavy (non-hydrogen) atoms. The second kappa shape index (κ2) is 9.47. The Morgan fingerprint density at radius 3 is 2.50 bits per heavy atom. The normalized spacial score (nSPS) is 28.9. The lowest BCUT2D eigenvalue weighted by Crippen LogP contribution is -2.50. The lowest BCUT2D eigenvalue weighted by atomic mass is 9.58. The van der Waals surface area contributed by atoms with E-state index in [9.17, 15) is 19.2 Å². The minimum Gasteiger partial charge on any atom is -0.450 e. The van der Waals surface area contributed by atoms with Crippen molar-refractivity contribution in [3.05, 3.63) is 47.6 Å². The number of ether oxygens (including phenoxy) is 1. The van der Waals surface area contributed by atoms with Crippen molar-refractivity contribution in [3.63, 3.8) is 0 Å². The molecule has 3 atom stereocenters. The van der Waals surface area contributed by atoms with Gasteiger partial charge in [0.2, 0.25) is 5.78 Å². The molecule has 0 aromatic rings. The fraction of sp³-hybridized carbons (Fsp3) is 0.500. The van der Waals surface area contributed by atoms with Crippen LogP contribution in [0.5, 0.6) is 0 Å². The van der Waals surface area contributed by atoms with E-state index in [1.807, 2.05) is 19.1 Å². The van der Waals surface area contributed by atoms with Crippen molar-refractivity contribution >= 4 is 23.3 Å². The minimum absolute atomic E-state index is 0.0408. The molecule has 2 aliphatic rings. The van der Waals surface area contributed by atoms with Crippen molar-refractivity contribution in [2.45, 2.75) is 59.0 Å². The van der Waals surface area contributed by atoms with Gasteiger partial charge < -0.3 is 9.84 Å². The maximum atomic E-state index is 13.1. The van der Waals surface area contributed by atoms with Crippen molar-refractivity contribution in [3.8, 4) is 0 Å². The largest absolute Gasteiger partial charge is 0.450 e. The van der Waals surface area contributed by atoms with Gasteiger partial charge >= 0.3 is 5.97 Å². The maximum Gasteiger partial charge on any atom is 0.317 e. The van der Waals surface area contributed by atoms with Crippen molar-refractivity contribution in [1.29, 1.82) is 0 Å². The third kappa shape index (κ3) is 4.29. The highest BCUT2D eigenvalue weighted by molar-refractivity contribution is 6.11. The molecule has 0 spiro atoms. The number of hydrogen-bond acceptors (Lipinski definition) is 6. The number of rotatable bonds is 10. The molecule has 1 aliphatic heterocycles. The molecule has 0 amide bonds. The SMILES string of the molecule is C/C=C/CCC(=O)C[C@@H]1[C@@]2(C)C(=O)O[C@]1(C)C(=O)C(C)=C2CC(=O)/C=C/C=C/CO. The van der Waals surface area contributed by atoms with Crippen LogP contribution in [0.3, 0.4) is 0 Å². The van der Waals surface area contributed by atoms with E-state index in [4.69, 9.17) is 9.84 Å². The minimum atomic E-state index is -1.39.